The van der Waals surface area contributed by atoms with Crippen LogP contribution in [0.15, 0.2) is 48.5 Å². The Morgan fingerprint density at radius 2 is 1.71 bits per heavy atom. The number of benzene rings is 2. The van der Waals surface area contributed by atoms with Crippen molar-refractivity contribution < 1.29 is 14.8 Å². The fraction of sp³-hybridized carbons (Fsp3) is 0.0714. The molecule has 0 aliphatic carbocycles. The first kappa shape index (κ1) is 15.0. The van der Waals surface area contributed by atoms with E-state index in [0.29, 0.717) is 10.7 Å². The molecule has 6 nitrogen and oxygen atoms in total. The molecule has 7 heteroatoms. The maximum atomic E-state index is 12.0. The molecule has 2 N–H and O–H groups in total. The summed E-state index contributed by atoms with van der Waals surface area (Å²) in [7, 11) is 0. The maximum absolute atomic E-state index is 12.0. The Bertz CT molecular complexity index is 656. The Balaban J connectivity index is 2.08. The zero-order valence-electron chi connectivity index (χ0n) is 10.7. The van der Waals surface area contributed by atoms with Gasteiger partial charge in [0.1, 0.15) is 0 Å². The second-order valence-electron chi connectivity index (χ2n) is 4.22. The van der Waals surface area contributed by atoms with E-state index in [0.717, 1.165) is 0 Å². The number of nitro groups is 1. The van der Waals surface area contributed by atoms with E-state index in [1.165, 1.54) is 24.3 Å². The van der Waals surface area contributed by atoms with Crippen molar-refractivity contribution in [2.45, 2.75) is 6.23 Å². The molecule has 0 aliphatic rings. The molecule has 0 aromatic heterocycles. The van der Waals surface area contributed by atoms with Crippen LogP contribution in [0.3, 0.4) is 0 Å². The average Bonchev–Trinajstić information content (AvgIpc) is 2.49. The number of hydrogen-bond donors (Lipinski definition) is 2. The van der Waals surface area contributed by atoms with E-state index in [1.54, 1.807) is 24.3 Å². The number of nitrogens with one attached hydrogen (secondary N) is 1. The van der Waals surface area contributed by atoms with Crippen molar-refractivity contribution in [1.82, 2.24) is 0 Å². The Labute approximate surface area is 125 Å². The van der Waals surface area contributed by atoms with Crippen molar-refractivity contribution in [3.05, 3.63) is 69.2 Å². The molecule has 0 radical (unpaired) electrons. The van der Waals surface area contributed by atoms with E-state index < -0.39 is 16.9 Å². The lowest BCUT2D eigenvalue weighted by atomic mass is 10.1. The van der Waals surface area contributed by atoms with Gasteiger partial charge in [0.2, 0.25) is 5.78 Å². The summed E-state index contributed by atoms with van der Waals surface area (Å²) in [5.41, 5.74) is 0.587. The molecule has 0 fully saturated rings. The third-order valence-corrected chi connectivity index (χ3v) is 3.01. The van der Waals surface area contributed by atoms with Crippen LogP contribution in [-0.2, 0) is 0 Å². The smallest absolute Gasteiger partial charge is 0.269 e. The highest BCUT2D eigenvalue weighted by molar-refractivity contribution is 6.30. The molecule has 21 heavy (non-hydrogen) atoms. The normalized spacial score (nSPS) is 11.7. The lowest BCUT2D eigenvalue weighted by Crippen LogP contribution is -2.29. The van der Waals surface area contributed by atoms with Crippen LogP contribution in [0, 0.1) is 10.1 Å². The van der Waals surface area contributed by atoms with E-state index in [1.807, 2.05) is 0 Å². The Kier molecular flexibility index (Phi) is 4.52. The lowest BCUT2D eigenvalue weighted by molar-refractivity contribution is -0.384. The van der Waals surface area contributed by atoms with Crippen LogP contribution >= 0.6 is 11.6 Å². The minimum absolute atomic E-state index is 0.119. The fourth-order valence-electron chi connectivity index (χ4n) is 1.67. The Hall–Kier alpha value is -2.44. The molecule has 0 amide bonds. The summed E-state index contributed by atoms with van der Waals surface area (Å²) in [5, 5.41) is 23.5. The summed E-state index contributed by atoms with van der Waals surface area (Å²) in [5.74, 6) is -0.583. The van der Waals surface area contributed by atoms with Crippen molar-refractivity contribution in [2.75, 3.05) is 5.32 Å². The molecule has 108 valence electrons. The van der Waals surface area contributed by atoms with Gasteiger partial charge in [-0.3, -0.25) is 14.9 Å². The molecular formula is C14H11ClN2O4. The number of carbonyl (C=O) groups excluding carboxylic acids is 1. The van der Waals surface area contributed by atoms with Crippen LogP contribution < -0.4 is 5.32 Å². The van der Waals surface area contributed by atoms with E-state index in [9.17, 15) is 20.0 Å². The number of anilines is 1. The third kappa shape index (κ3) is 3.77. The molecule has 0 saturated heterocycles. The van der Waals surface area contributed by atoms with E-state index in [2.05, 4.69) is 5.32 Å². The molecule has 0 aliphatic heterocycles. The first-order valence-corrected chi connectivity index (χ1v) is 6.34. The monoisotopic (exact) mass is 306 g/mol. The predicted molar refractivity (Wildman–Crippen MR) is 78.5 cm³/mol. The van der Waals surface area contributed by atoms with E-state index >= 15 is 0 Å². The molecule has 0 heterocycles. The van der Waals surface area contributed by atoms with Crippen molar-refractivity contribution in [3.63, 3.8) is 0 Å². The average molecular weight is 307 g/mol. The van der Waals surface area contributed by atoms with Crippen LogP contribution in [0.1, 0.15) is 10.4 Å². The SMILES string of the molecule is O=C(c1ccc([N+](=O)[O-])cc1)C(O)Nc1ccc(Cl)cc1. The van der Waals surface area contributed by atoms with Gasteiger partial charge in [-0.15, -0.1) is 0 Å². The molecule has 1 unspecified atom stereocenters. The van der Waals surface area contributed by atoms with Gasteiger partial charge in [0.05, 0.1) is 4.92 Å². The van der Waals surface area contributed by atoms with Gasteiger partial charge in [-0.2, -0.15) is 0 Å². The second-order valence-corrected chi connectivity index (χ2v) is 4.66. The van der Waals surface area contributed by atoms with Gasteiger partial charge in [0.15, 0.2) is 6.23 Å². The van der Waals surface area contributed by atoms with Gasteiger partial charge in [0.25, 0.3) is 5.69 Å². The largest absolute Gasteiger partial charge is 0.367 e. The molecular weight excluding hydrogens is 296 g/mol. The first-order valence-electron chi connectivity index (χ1n) is 5.96. The number of hydrogen-bond acceptors (Lipinski definition) is 5. The Morgan fingerprint density at radius 1 is 1.14 bits per heavy atom. The van der Waals surface area contributed by atoms with Crippen LogP contribution in [-0.4, -0.2) is 22.0 Å². The molecule has 1 atom stereocenters. The van der Waals surface area contributed by atoms with Gasteiger partial charge >= 0.3 is 0 Å². The second kappa shape index (κ2) is 6.34. The molecule has 2 aromatic carbocycles. The number of non-ortho nitro benzene ring substituents is 1. The van der Waals surface area contributed by atoms with Crippen LogP contribution in [0.5, 0.6) is 0 Å². The molecule has 2 aromatic rings. The van der Waals surface area contributed by atoms with Crippen LogP contribution in [0.2, 0.25) is 5.02 Å². The van der Waals surface area contributed by atoms with E-state index in [-0.39, 0.29) is 11.3 Å². The zero-order valence-corrected chi connectivity index (χ0v) is 11.4. The topological polar surface area (TPSA) is 92.5 Å². The van der Waals surface area contributed by atoms with Crippen molar-refractivity contribution in [1.29, 1.82) is 0 Å². The highest BCUT2D eigenvalue weighted by Gasteiger charge is 2.18. The molecule has 0 bridgehead atoms. The number of nitrogens with zero attached hydrogens (tertiary/aromatic N) is 1. The molecule has 2 rings (SSSR count). The Morgan fingerprint density at radius 3 is 2.24 bits per heavy atom. The standard InChI is InChI=1S/C14H11ClN2O4/c15-10-3-5-11(6-4-10)16-14(19)13(18)9-1-7-12(8-2-9)17(20)21/h1-8,14,16,19H. The molecule has 0 spiro atoms. The lowest BCUT2D eigenvalue weighted by Gasteiger charge is -2.13. The quantitative estimate of drug-likeness (QED) is 0.383. The number of aliphatic hydroxyl groups excluding tert-OH is 1. The fourth-order valence-corrected chi connectivity index (χ4v) is 1.80. The number of ketones is 1. The van der Waals surface area contributed by atoms with E-state index in [4.69, 9.17) is 11.6 Å². The number of halogens is 1. The first-order chi connectivity index (χ1) is 9.97. The van der Waals surface area contributed by atoms with Crippen LogP contribution in [0.25, 0.3) is 0 Å². The number of nitro benzene ring substituents is 1. The van der Waals surface area contributed by atoms with Crippen LogP contribution in [0.4, 0.5) is 11.4 Å². The van der Waals surface area contributed by atoms with Gasteiger partial charge in [-0.25, -0.2) is 0 Å². The number of carbonyl (C=O) groups is 1. The summed E-state index contributed by atoms with van der Waals surface area (Å²) in [6.07, 6.45) is -1.45. The highest BCUT2D eigenvalue weighted by Crippen LogP contribution is 2.16. The third-order valence-electron chi connectivity index (χ3n) is 2.76. The minimum atomic E-state index is -1.45. The number of rotatable bonds is 5. The summed E-state index contributed by atoms with van der Waals surface area (Å²) in [6, 6.07) is 11.5. The zero-order chi connectivity index (χ0) is 15.4. The predicted octanol–water partition coefficient (Wildman–Crippen LogP) is 2.86. The number of Topliss-reactive ketones (excluding diaryl/α,β-unsaturated/α-hetero) is 1. The summed E-state index contributed by atoms with van der Waals surface area (Å²) in [4.78, 5) is 22.0. The molecule has 0 saturated carbocycles. The van der Waals surface area contributed by atoms with Gasteiger partial charge in [0, 0.05) is 28.4 Å². The highest BCUT2D eigenvalue weighted by atomic mass is 35.5. The van der Waals surface area contributed by atoms with Gasteiger partial charge in [-0.05, 0) is 36.4 Å². The summed E-state index contributed by atoms with van der Waals surface area (Å²) < 4.78 is 0. The summed E-state index contributed by atoms with van der Waals surface area (Å²) >= 11 is 5.73. The van der Waals surface area contributed by atoms with Crippen molar-refractivity contribution >= 4 is 28.8 Å². The summed E-state index contributed by atoms with van der Waals surface area (Å²) in [6.45, 7) is 0. The van der Waals surface area contributed by atoms with Crippen molar-refractivity contribution in [3.8, 4) is 0 Å². The number of aliphatic hydroxyl groups is 1. The van der Waals surface area contributed by atoms with Gasteiger partial charge in [-0.1, -0.05) is 11.6 Å². The van der Waals surface area contributed by atoms with Gasteiger partial charge < -0.3 is 10.4 Å². The minimum Gasteiger partial charge on any atom is -0.367 e. The maximum Gasteiger partial charge on any atom is 0.269 e. The van der Waals surface area contributed by atoms with Crippen molar-refractivity contribution in [2.24, 2.45) is 0 Å².